The Labute approximate surface area is 278 Å². The lowest BCUT2D eigenvalue weighted by molar-refractivity contribution is -0.138. The standard InChI is InChI=1S/C32H49N7O7S/c1-9-36(10-2)30-33-21-26(39(22(3)4)47(8,44)45)28(35-30)34-25(29(41)42)19-23-11-13-24(14-12-23)46-31(43)38-17-15-37(16-18-38)27(40)20-32(5,6)7/h11-14,21-22,25H,9-10,15-20H2,1-8H3,(H,41,42)(H,33,34,35)/t25-/m0/s1. The molecule has 1 atom stereocenters. The number of nitrogens with zero attached hydrogens (tertiary/aromatic N) is 6. The number of carbonyl (C=O) groups excluding carboxylic acids is 2. The van der Waals surface area contributed by atoms with Crippen molar-refractivity contribution in [1.29, 1.82) is 0 Å². The van der Waals surface area contributed by atoms with Crippen molar-refractivity contribution in [1.82, 2.24) is 19.8 Å². The minimum Gasteiger partial charge on any atom is -0.480 e. The Hall–Kier alpha value is -4.14. The van der Waals surface area contributed by atoms with Crippen molar-refractivity contribution in [3.05, 3.63) is 36.0 Å². The predicted octanol–water partition coefficient (Wildman–Crippen LogP) is 3.68. The van der Waals surface area contributed by atoms with Crippen molar-refractivity contribution in [3.8, 4) is 5.75 Å². The van der Waals surface area contributed by atoms with Gasteiger partial charge in [0.15, 0.2) is 5.82 Å². The van der Waals surface area contributed by atoms with E-state index in [1.54, 1.807) is 47.9 Å². The summed E-state index contributed by atoms with van der Waals surface area (Å²) in [6, 6.07) is 4.87. The second-order valence-electron chi connectivity index (χ2n) is 13.1. The van der Waals surface area contributed by atoms with Gasteiger partial charge in [-0.25, -0.2) is 23.0 Å². The number of aromatic nitrogens is 2. The quantitative estimate of drug-likeness (QED) is 0.318. The predicted molar refractivity (Wildman–Crippen MR) is 181 cm³/mol. The largest absolute Gasteiger partial charge is 0.480 e. The summed E-state index contributed by atoms with van der Waals surface area (Å²) in [5.41, 5.74) is 0.672. The zero-order valence-electron chi connectivity index (χ0n) is 28.7. The maximum Gasteiger partial charge on any atom is 0.415 e. The maximum absolute atomic E-state index is 12.8. The lowest BCUT2D eigenvalue weighted by Gasteiger charge is -2.35. The fourth-order valence-corrected chi connectivity index (χ4v) is 6.55. The van der Waals surface area contributed by atoms with Crippen LogP contribution in [-0.4, -0.2) is 109 Å². The first-order valence-corrected chi connectivity index (χ1v) is 17.7. The maximum atomic E-state index is 12.8. The topological polar surface area (TPSA) is 166 Å². The molecule has 15 heteroatoms. The molecule has 1 aromatic heterocycles. The fraction of sp³-hybridized carbons (Fsp3) is 0.594. The van der Waals surface area contributed by atoms with E-state index in [1.807, 2.05) is 39.5 Å². The van der Waals surface area contributed by atoms with Gasteiger partial charge in [0.25, 0.3) is 0 Å². The molecule has 0 aliphatic carbocycles. The molecule has 0 spiro atoms. The Balaban J connectivity index is 1.73. The highest BCUT2D eigenvalue weighted by Crippen LogP contribution is 2.30. The van der Waals surface area contributed by atoms with Crippen LogP contribution in [0.4, 0.5) is 22.2 Å². The van der Waals surface area contributed by atoms with E-state index in [4.69, 9.17) is 4.74 Å². The summed E-state index contributed by atoms with van der Waals surface area (Å²) in [4.78, 5) is 51.9. The van der Waals surface area contributed by atoms with Crippen LogP contribution in [0.1, 0.15) is 60.5 Å². The van der Waals surface area contributed by atoms with Gasteiger partial charge in [-0.3, -0.25) is 9.10 Å². The number of aliphatic carboxylic acids is 1. The Kier molecular flexibility index (Phi) is 12.4. The minimum atomic E-state index is -3.75. The van der Waals surface area contributed by atoms with E-state index in [2.05, 4.69) is 15.3 Å². The number of sulfonamides is 1. The van der Waals surface area contributed by atoms with Crippen LogP contribution in [0.25, 0.3) is 0 Å². The average Bonchev–Trinajstić information content (AvgIpc) is 2.97. The molecule has 1 aliphatic heterocycles. The van der Waals surface area contributed by atoms with Crippen molar-refractivity contribution in [3.63, 3.8) is 0 Å². The second kappa shape index (κ2) is 15.6. The van der Waals surface area contributed by atoms with E-state index in [0.29, 0.717) is 63.0 Å². The summed E-state index contributed by atoms with van der Waals surface area (Å²) in [5, 5.41) is 13.1. The molecule has 260 valence electrons. The van der Waals surface area contributed by atoms with Crippen molar-refractivity contribution < 1.29 is 32.6 Å². The molecule has 2 heterocycles. The number of carboxylic acids is 1. The number of nitrogens with one attached hydrogen (secondary N) is 1. The lowest BCUT2D eigenvalue weighted by Crippen LogP contribution is -2.51. The number of piperazine rings is 1. The average molecular weight is 676 g/mol. The number of hydrogen-bond donors (Lipinski definition) is 2. The van der Waals surface area contributed by atoms with E-state index in [-0.39, 0.29) is 29.2 Å². The third kappa shape index (κ3) is 10.4. The number of benzene rings is 1. The fourth-order valence-electron chi connectivity index (χ4n) is 5.30. The molecule has 1 aliphatic rings. The zero-order chi connectivity index (χ0) is 35.1. The summed E-state index contributed by atoms with van der Waals surface area (Å²) >= 11 is 0. The molecule has 2 amide bonds. The summed E-state index contributed by atoms with van der Waals surface area (Å²) in [6.45, 7) is 16.1. The van der Waals surface area contributed by atoms with Gasteiger partial charge >= 0.3 is 12.1 Å². The van der Waals surface area contributed by atoms with E-state index in [0.717, 1.165) is 10.6 Å². The molecule has 47 heavy (non-hydrogen) atoms. The van der Waals surface area contributed by atoms with Crippen LogP contribution in [0.2, 0.25) is 0 Å². The number of anilines is 3. The van der Waals surface area contributed by atoms with Gasteiger partial charge < -0.3 is 29.9 Å². The van der Waals surface area contributed by atoms with Crippen molar-refractivity contribution >= 4 is 45.4 Å². The van der Waals surface area contributed by atoms with Crippen LogP contribution in [0.3, 0.4) is 0 Å². The van der Waals surface area contributed by atoms with Crippen molar-refractivity contribution in [2.75, 3.05) is 60.0 Å². The highest BCUT2D eigenvalue weighted by atomic mass is 32.2. The number of ether oxygens (including phenoxy) is 1. The van der Waals surface area contributed by atoms with Gasteiger partial charge in [0, 0.05) is 58.2 Å². The second-order valence-corrected chi connectivity index (χ2v) is 14.9. The summed E-state index contributed by atoms with van der Waals surface area (Å²) in [6.07, 6.45) is 2.42. The summed E-state index contributed by atoms with van der Waals surface area (Å²) < 4.78 is 32.2. The van der Waals surface area contributed by atoms with Gasteiger partial charge in [-0.05, 0) is 50.8 Å². The normalized spacial score (nSPS) is 14.5. The van der Waals surface area contributed by atoms with Crippen molar-refractivity contribution in [2.45, 2.75) is 73.4 Å². The van der Waals surface area contributed by atoms with E-state index in [9.17, 15) is 27.9 Å². The third-order valence-electron chi connectivity index (χ3n) is 7.62. The van der Waals surface area contributed by atoms with Crippen molar-refractivity contribution in [2.24, 2.45) is 5.41 Å². The zero-order valence-corrected chi connectivity index (χ0v) is 29.5. The van der Waals surface area contributed by atoms with Gasteiger partial charge in [0.05, 0.1) is 12.5 Å². The molecular formula is C32H49N7O7S. The molecule has 0 saturated carbocycles. The van der Waals surface area contributed by atoms with Gasteiger partial charge in [-0.1, -0.05) is 32.9 Å². The molecule has 0 bridgehead atoms. The molecule has 1 aromatic carbocycles. The first kappa shape index (κ1) is 37.3. The molecule has 2 N–H and O–H groups in total. The Bertz CT molecular complexity index is 1500. The minimum absolute atomic E-state index is 0.0265. The third-order valence-corrected chi connectivity index (χ3v) is 8.95. The number of amides is 2. The summed E-state index contributed by atoms with van der Waals surface area (Å²) in [5.74, 6) is -0.369. The molecule has 2 aromatic rings. The molecule has 3 rings (SSSR count). The highest BCUT2D eigenvalue weighted by molar-refractivity contribution is 7.92. The molecule has 14 nitrogen and oxygen atoms in total. The Morgan fingerprint density at radius 3 is 2.09 bits per heavy atom. The molecule has 0 unspecified atom stereocenters. The molecule has 1 saturated heterocycles. The molecular weight excluding hydrogens is 626 g/mol. The molecule has 1 fully saturated rings. The number of rotatable bonds is 13. The SMILES string of the molecule is CCN(CC)c1ncc(N(C(C)C)S(C)(=O)=O)c(N[C@@H](Cc2ccc(OC(=O)N3CCN(C(=O)CC(C)(C)C)CC3)cc2)C(=O)O)n1. The lowest BCUT2D eigenvalue weighted by atomic mass is 9.91. The highest BCUT2D eigenvalue weighted by Gasteiger charge is 2.30. The Morgan fingerprint density at radius 1 is 1.02 bits per heavy atom. The van der Waals surface area contributed by atoms with Gasteiger partial charge in [-0.15, -0.1) is 0 Å². The Morgan fingerprint density at radius 2 is 1.60 bits per heavy atom. The van der Waals surface area contributed by atoms with E-state index < -0.39 is 34.2 Å². The summed E-state index contributed by atoms with van der Waals surface area (Å²) in [7, 11) is -3.75. The number of hydrogen-bond acceptors (Lipinski definition) is 10. The first-order chi connectivity index (χ1) is 21.9. The van der Waals surface area contributed by atoms with Gasteiger partial charge in [0.1, 0.15) is 17.5 Å². The van der Waals surface area contributed by atoms with Crippen LogP contribution in [-0.2, 0) is 26.0 Å². The van der Waals surface area contributed by atoms with Crippen LogP contribution in [0.15, 0.2) is 30.5 Å². The van der Waals surface area contributed by atoms with Crippen LogP contribution >= 0.6 is 0 Å². The van der Waals surface area contributed by atoms with E-state index in [1.165, 1.54) is 6.20 Å². The van der Waals surface area contributed by atoms with Crippen LogP contribution in [0.5, 0.6) is 5.75 Å². The number of carbonyl (C=O) groups is 3. The monoisotopic (exact) mass is 675 g/mol. The van der Waals surface area contributed by atoms with Gasteiger partial charge in [-0.2, -0.15) is 4.98 Å². The van der Waals surface area contributed by atoms with Crippen LogP contribution < -0.4 is 19.3 Å². The van der Waals surface area contributed by atoms with E-state index >= 15 is 0 Å². The smallest absolute Gasteiger partial charge is 0.415 e. The number of carboxylic acid groups (broad SMARTS) is 1. The molecule has 0 radical (unpaired) electrons. The van der Waals surface area contributed by atoms with Gasteiger partial charge in [0.2, 0.25) is 21.9 Å². The first-order valence-electron chi connectivity index (χ1n) is 15.9. The van der Waals surface area contributed by atoms with Crippen LogP contribution in [0, 0.1) is 5.41 Å².